The fourth-order valence-electron chi connectivity index (χ4n) is 4.90. The molecule has 0 saturated carbocycles. The molecule has 230 valence electrons. The van der Waals surface area contributed by atoms with Gasteiger partial charge in [0.25, 0.3) is 10.0 Å². The van der Waals surface area contributed by atoms with Gasteiger partial charge < -0.3 is 10.2 Å². The molecule has 4 aromatic carbocycles. The summed E-state index contributed by atoms with van der Waals surface area (Å²) in [5.41, 5.74) is 3.21. The molecule has 0 heterocycles. The lowest BCUT2D eigenvalue weighted by Crippen LogP contribution is -2.53. The first kappa shape index (κ1) is 33.1. The van der Waals surface area contributed by atoms with Crippen LogP contribution in [0.4, 0.5) is 5.69 Å². The lowest BCUT2D eigenvalue weighted by molar-refractivity contribution is -0.140. The van der Waals surface area contributed by atoms with Crippen molar-refractivity contribution in [3.63, 3.8) is 0 Å². The van der Waals surface area contributed by atoms with Gasteiger partial charge >= 0.3 is 0 Å². The van der Waals surface area contributed by atoms with E-state index in [0.717, 1.165) is 15.4 Å². The minimum atomic E-state index is -4.23. The van der Waals surface area contributed by atoms with Gasteiger partial charge in [0.1, 0.15) is 12.6 Å². The second kappa shape index (κ2) is 14.8. The fraction of sp³-hybridized carbons (Fsp3) is 0.235. The lowest BCUT2D eigenvalue weighted by atomic mass is 10.0. The summed E-state index contributed by atoms with van der Waals surface area (Å²) in [6.07, 6.45) is 0.222. The highest BCUT2D eigenvalue weighted by molar-refractivity contribution is 7.92. The summed E-state index contributed by atoms with van der Waals surface area (Å²) in [7, 11) is -4.23. The zero-order valence-electron chi connectivity index (χ0n) is 24.8. The molecule has 4 aromatic rings. The molecule has 0 aromatic heterocycles. The van der Waals surface area contributed by atoms with Gasteiger partial charge in [0.15, 0.2) is 0 Å². The molecule has 0 spiro atoms. The Balaban J connectivity index is 1.83. The number of carbonyl (C=O) groups excluding carboxylic acids is 2. The molecule has 0 saturated heterocycles. The van der Waals surface area contributed by atoms with Crippen molar-refractivity contribution >= 4 is 50.7 Å². The van der Waals surface area contributed by atoms with Crippen LogP contribution in [0.2, 0.25) is 10.0 Å². The average Bonchev–Trinajstić information content (AvgIpc) is 3.00. The third-order valence-electron chi connectivity index (χ3n) is 7.26. The zero-order valence-corrected chi connectivity index (χ0v) is 27.2. The van der Waals surface area contributed by atoms with E-state index in [1.165, 1.54) is 17.0 Å². The van der Waals surface area contributed by atoms with Gasteiger partial charge in [-0.3, -0.25) is 13.9 Å². The first-order chi connectivity index (χ1) is 21.0. The quantitative estimate of drug-likeness (QED) is 0.187. The molecule has 0 radical (unpaired) electrons. The van der Waals surface area contributed by atoms with E-state index >= 15 is 0 Å². The normalized spacial score (nSPS) is 11.9. The molecule has 0 aliphatic rings. The number of likely N-dealkylation sites (N-methyl/N-ethyl adjacent to an activating group) is 1. The molecule has 0 aliphatic heterocycles. The molecule has 0 unspecified atom stereocenters. The second-order valence-electron chi connectivity index (χ2n) is 10.5. The van der Waals surface area contributed by atoms with Crippen LogP contribution >= 0.6 is 23.2 Å². The number of halogens is 2. The number of sulfonamides is 1. The smallest absolute Gasteiger partial charge is 0.264 e. The largest absolute Gasteiger partial charge is 0.355 e. The summed E-state index contributed by atoms with van der Waals surface area (Å²) in [5, 5.41) is 3.69. The molecule has 1 atom stereocenters. The van der Waals surface area contributed by atoms with Crippen LogP contribution in [0.1, 0.15) is 29.2 Å². The number of nitrogens with one attached hydrogen (secondary N) is 1. The maximum absolute atomic E-state index is 14.5. The maximum Gasteiger partial charge on any atom is 0.264 e. The van der Waals surface area contributed by atoms with E-state index in [2.05, 4.69) is 5.32 Å². The molecular formula is C34H35Cl2N3O4S. The Bertz CT molecular complexity index is 1710. The Morgan fingerprint density at radius 1 is 0.841 bits per heavy atom. The van der Waals surface area contributed by atoms with E-state index < -0.39 is 28.5 Å². The van der Waals surface area contributed by atoms with E-state index in [1.54, 1.807) is 62.4 Å². The Morgan fingerprint density at radius 2 is 1.50 bits per heavy atom. The van der Waals surface area contributed by atoms with Gasteiger partial charge in [-0.15, -0.1) is 0 Å². The molecule has 10 heteroatoms. The molecule has 0 bridgehead atoms. The topological polar surface area (TPSA) is 86.8 Å². The summed E-state index contributed by atoms with van der Waals surface area (Å²) < 4.78 is 29.4. The second-order valence-corrected chi connectivity index (χ2v) is 13.2. The van der Waals surface area contributed by atoms with E-state index in [4.69, 9.17) is 23.2 Å². The van der Waals surface area contributed by atoms with Crippen LogP contribution in [-0.2, 0) is 32.6 Å². The molecule has 0 fully saturated rings. The number of amides is 2. The highest BCUT2D eigenvalue weighted by Gasteiger charge is 2.35. The number of anilines is 1. The minimum Gasteiger partial charge on any atom is -0.355 e. The van der Waals surface area contributed by atoms with Crippen LogP contribution in [-0.4, -0.2) is 44.3 Å². The third-order valence-corrected chi connectivity index (χ3v) is 9.68. The van der Waals surface area contributed by atoms with Crippen molar-refractivity contribution < 1.29 is 18.0 Å². The standard InChI is InChI=1S/C34H35Cl2N3O4S/c1-4-37-34(41)32(21-26-10-6-5-7-11-26)38(22-27-12-8-13-28(35)20-27)33(40)23-39(31-15-9-14-30(36)25(31)3)44(42,43)29-18-16-24(2)17-19-29/h5-20,32H,4,21-23H2,1-3H3,(H,37,41)/t32-/m1/s1. The number of hydrogen-bond acceptors (Lipinski definition) is 4. The van der Waals surface area contributed by atoms with Crippen molar-refractivity contribution in [3.8, 4) is 0 Å². The monoisotopic (exact) mass is 651 g/mol. The first-order valence-corrected chi connectivity index (χ1v) is 16.4. The molecule has 44 heavy (non-hydrogen) atoms. The lowest BCUT2D eigenvalue weighted by Gasteiger charge is -2.34. The molecule has 2 amide bonds. The Morgan fingerprint density at radius 3 is 2.16 bits per heavy atom. The number of rotatable bonds is 12. The number of nitrogens with zero attached hydrogens (tertiary/aromatic N) is 2. The third kappa shape index (κ3) is 8.00. The van der Waals surface area contributed by atoms with Crippen LogP contribution in [0.5, 0.6) is 0 Å². The summed E-state index contributed by atoms with van der Waals surface area (Å²) in [6.45, 7) is 5.19. The average molecular weight is 653 g/mol. The summed E-state index contributed by atoms with van der Waals surface area (Å²) in [6, 6.07) is 26.8. The number of carbonyl (C=O) groups is 2. The summed E-state index contributed by atoms with van der Waals surface area (Å²) in [5.74, 6) is -0.911. The van der Waals surface area contributed by atoms with Gasteiger partial charge in [-0.25, -0.2) is 8.42 Å². The van der Waals surface area contributed by atoms with Gasteiger partial charge in [-0.2, -0.15) is 0 Å². The van der Waals surface area contributed by atoms with Crippen LogP contribution in [0.15, 0.2) is 102 Å². The maximum atomic E-state index is 14.5. The number of hydrogen-bond donors (Lipinski definition) is 1. The molecule has 1 N–H and O–H groups in total. The molecule has 7 nitrogen and oxygen atoms in total. The van der Waals surface area contributed by atoms with Gasteiger partial charge in [0.2, 0.25) is 11.8 Å². The first-order valence-electron chi connectivity index (χ1n) is 14.2. The van der Waals surface area contributed by atoms with Crippen molar-refractivity contribution in [2.45, 2.75) is 44.7 Å². The SMILES string of the molecule is CCNC(=O)[C@@H](Cc1ccccc1)N(Cc1cccc(Cl)c1)C(=O)CN(c1cccc(Cl)c1C)S(=O)(=O)c1ccc(C)cc1. The Hall–Kier alpha value is -3.85. The number of benzene rings is 4. The fourth-order valence-corrected chi connectivity index (χ4v) is 6.75. The highest BCUT2D eigenvalue weighted by Crippen LogP contribution is 2.31. The van der Waals surface area contributed by atoms with Crippen LogP contribution < -0.4 is 9.62 Å². The van der Waals surface area contributed by atoms with Crippen LogP contribution in [0.25, 0.3) is 0 Å². The van der Waals surface area contributed by atoms with Crippen molar-refractivity contribution in [2.24, 2.45) is 0 Å². The summed E-state index contributed by atoms with van der Waals surface area (Å²) in [4.78, 5) is 29.5. The molecular weight excluding hydrogens is 617 g/mol. The van der Waals surface area contributed by atoms with Crippen LogP contribution in [0.3, 0.4) is 0 Å². The zero-order chi connectivity index (χ0) is 31.9. The Labute approximate surface area is 269 Å². The highest BCUT2D eigenvalue weighted by atomic mass is 35.5. The van der Waals surface area contributed by atoms with Gasteiger partial charge in [0, 0.05) is 29.6 Å². The molecule has 4 rings (SSSR count). The van der Waals surface area contributed by atoms with Gasteiger partial charge in [-0.05, 0) is 73.9 Å². The summed E-state index contributed by atoms with van der Waals surface area (Å²) >= 11 is 12.7. The van der Waals surface area contributed by atoms with Crippen molar-refractivity contribution in [1.82, 2.24) is 10.2 Å². The van der Waals surface area contributed by atoms with E-state index in [-0.39, 0.29) is 29.5 Å². The predicted molar refractivity (Wildman–Crippen MR) is 177 cm³/mol. The molecule has 0 aliphatic carbocycles. The predicted octanol–water partition coefficient (Wildman–Crippen LogP) is 6.58. The Kier molecular flexibility index (Phi) is 11.1. The van der Waals surface area contributed by atoms with E-state index in [9.17, 15) is 18.0 Å². The van der Waals surface area contributed by atoms with Gasteiger partial charge in [0.05, 0.1) is 10.6 Å². The van der Waals surface area contributed by atoms with E-state index in [1.807, 2.05) is 43.3 Å². The van der Waals surface area contributed by atoms with E-state index in [0.29, 0.717) is 27.7 Å². The van der Waals surface area contributed by atoms with Crippen molar-refractivity contribution in [2.75, 3.05) is 17.4 Å². The van der Waals surface area contributed by atoms with Crippen LogP contribution in [0, 0.1) is 13.8 Å². The van der Waals surface area contributed by atoms with Crippen molar-refractivity contribution in [1.29, 1.82) is 0 Å². The number of aryl methyl sites for hydroxylation is 1. The van der Waals surface area contributed by atoms with Crippen molar-refractivity contribution in [3.05, 3.63) is 129 Å². The minimum absolute atomic E-state index is 0.0287. The van der Waals surface area contributed by atoms with Gasteiger partial charge in [-0.1, -0.05) is 89.4 Å².